The third-order valence-corrected chi connectivity index (χ3v) is 1.80. The predicted molar refractivity (Wildman–Crippen MR) is 51.4 cm³/mol. The molecule has 0 aliphatic rings. The van der Waals surface area contributed by atoms with E-state index in [-0.39, 0.29) is 5.82 Å². The molecule has 1 N–H and O–H groups in total. The van der Waals surface area contributed by atoms with Gasteiger partial charge in [0.25, 0.3) is 0 Å². The number of benzene rings is 1. The van der Waals surface area contributed by atoms with Gasteiger partial charge in [-0.1, -0.05) is 12.1 Å². The van der Waals surface area contributed by atoms with Crippen LogP contribution in [0.3, 0.4) is 0 Å². The van der Waals surface area contributed by atoms with Gasteiger partial charge in [-0.15, -0.1) is 0 Å². The zero-order valence-corrected chi connectivity index (χ0v) is 7.87. The van der Waals surface area contributed by atoms with Gasteiger partial charge in [-0.05, 0) is 19.1 Å². The number of nitrogens with zero attached hydrogens (tertiary/aromatic N) is 1. The fraction of sp³-hybridized carbons (Fsp3) is 0.400. The van der Waals surface area contributed by atoms with Crippen molar-refractivity contribution in [1.29, 1.82) is 0 Å². The lowest BCUT2D eigenvalue weighted by Crippen LogP contribution is -2.27. The van der Waals surface area contributed by atoms with E-state index in [2.05, 4.69) is 0 Å². The van der Waals surface area contributed by atoms with Crippen LogP contribution in [0.5, 0.6) is 0 Å². The highest BCUT2D eigenvalue weighted by atomic mass is 19.1. The van der Waals surface area contributed by atoms with E-state index in [0.29, 0.717) is 12.2 Å². The third kappa shape index (κ3) is 2.70. The monoisotopic (exact) mass is 183 g/mol. The maximum Gasteiger partial charge on any atom is 0.146 e. The quantitative estimate of drug-likeness (QED) is 0.770. The molecule has 0 radical (unpaired) electrons. The molecule has 0 heterocycles. The molecule has 0 aromatic heterocycles. The summed E-state index contributed by atoms with van der Waals surface area (Å²) >= 11 is 0. The first kappa shape index (κ1) is 9.99. The van der Waals surface area contributed by atoms with Gasteiger partial charge in [0.1, 0.15) is 5.82 Å². The molecule has 0 saturated heterocycles. The molecule has 1 atom stereocenters. The van der Waals surface area contributed by atoms with Crippen LogP contribution in [-0.2, 0) is 0 Å². The van der Waals surface area contributed by atoms with Gasteiger partial charge in [0, 0.05) is 13.6 Å². The van der Waals surface area contributed by atoms with Crippen molar-refractivity contribution < 1.29 is 9.50 Å². The zero-order chi connectivity index (χ0) is 9.84. The first-order valence-electron chi connectivity index (χ1n) is 4.25. The number of hydrogen-bond donors (Lipinski definition) is 1. The molecule has 3 heteroatoms. The standard InChI is InChI=1S/C10H14FNO/c1-8(13)7-12(2)10-6-4-3-5-9(10)11/h3-6,8,13H,7H2,1-2H3/t8-/m1/s1. The van der Waals surface area contributed by atoms with Crippen LogP contribution in [0.4, 0.5) is 10.1 Å². The predicted octanol–water partition coefficient (Wildman–Crippen LogP) is 1.64. The van der Waals surface area contributed by atoms with Gasteiger partial charge in [0.05, 0.1) is 11.8 Å². The lowest BCUT2D eigenvalue weighted by atomic mass is 10.2. The van der Waals surface area contributed by atoms with Crippen LogP contribution < -0.4 is 4.90 Å². The minimum absolute atomic E-state index is 0.259. The van der Waals surface area contributed by atoms with Crippen molar-refractivity contribution in [2.45, 2.75) is 13.0 Å². The van der Waals surface area contributed by atoms with Crippen molar-refractivity contribution in [2.75, 3.05) is 18.5 Å². The number of likely N-dealkylation sites (N-methyl/N-ethyl adjacent to an activating group) is 1. The average Bonchev–Trinajstić information content (AvgIpc) is 2.03. The second-order valence-electron chi connectivity index (χ2n) is 3.18. The molecule has 0 unspecified atom stereocenters. The number of para-hydroxylation sites is 1. The SMILES string of the molecule is C[C@@H](O)CN(C)c1ccccc1F. The lowest BCUT2D eigenvalue weighted by Gasteiger charge is -2.21. The van der Waals surface area contributed by atoms with Crippen molar-refractivity contribution in [1.82, 2.24) is 0 Å². The molecule has 0 aliphatic heterocycles. The normalized spacial score (nSPS) is 12.6. The van der Waals surface area contributed by atoms with E-state index in [4.69, 9.17) is 5.11 Å². The molecule has 0 fully saturated rings. The molecule has 0 saturated carbocycles. The van der Waals surface area contributed by atoms with Crippen molar-refractivity contribution in [3.05, 3.63) is 30.1 Å². The second-order valence-corrected chi connectivity index (χ2v) is 3.18. The van der Waals surface area contributed by atoms with Crippen LogP contribution in [0.25, 0.3) is 0 Å². The molecule has 1 aromatic carbocycles. The fourth-order valence-corrected chi connectivity index (χ4v) is 1.26. The van der Waals surface area contributed by atoms with Crippen LogP contribution >= 0.6 is 0 Å². The van der Waals surface area contributed by atoms with Crippen LogP contribution in [0, 0.1) is 5.82 Å². The molecular formula is C10H14FNO. The summed E-state index contributed by atoms with van der Waals surface area (Å²) in [6.07, 6.45) is -0.454. The van der Waals surface area contributed by atoms with Gasteiger partial charge >= 0.3 is 0 Å². The van der Waals surface area contributed by atoms with Gasteiger partial charge in [0.15, 0.2) is 0 Å². The topological polar surface area (TPSA) is 23.5 Å². The molecular weight excluding hydrogens is 169 g/mol. The molecule has 0 spiro atoms. The first-order valence-corrected chi connectivity index (χ1v) is 4.25. The number of anilines is 1. The van der Waals surface area contributed by atoms with Gasteiger partial charge in [-0.2, -0.15) is 0 Å². The highest BCUT2D eigenvalue weighted by molar-refractivity contribution is 5.46. The Bertz CT molecular complexity index is 275. The molecule has 0 bridgehead atoms. The second kappa shape index (κ2) is 4.23. The van der Waals surface area contributed by atoms with Crippen molar-refractivity contribution in [3.63, 3.8) is 0 Å². The molecule has 2 nitrogen and oxygen atoms in total. The summed E-state index contributed by atoms with van der Waals surface area (Å²) < 4.78 is 13.2. The lowest BCUT2D eigenvalue weighted by molar-refractivity contribution is 0.201. The van der Waals surface area contributed by atoms with E-state index in [1.807, 2.05) is 0 Å². The zero-order valence-electron chi connectivity index (χ0n) is 7.87. The highest BCUT2D eigenvalue weighted by Crippen LogP contribution is 2.16. The first-order chi connectivity index (χ1) is 6.11. The Kier molecular flexibility index (Phi) is 3.25. The fourth-order valence-electron chi connectivity index (χ4n) is 1.26. The Morgan fingerprint density at radius 1 is 1.46 bits per heavy atom. The number of hydrogen-bond acceptors (Lipinski definition) is 2. The molecule has 1 aromatic rings. The Labute approximate surface area is 77.6 Å². The summed E-state index contributed by atoms with van der Waals surface area (Å²) in [6.45, 7) is 2.11. The van der Waals surface area contributed by atoms with Crippen molar-refractivity contribution in [2.24, 2.45) is 0 Å². The maximum atomic E-state index is 13.2. The van der Waals surface area contributed by atoms with Crippen LogP contribution in [-0.4, -0.2) is 24.8 Å². The minimum Gasteiger partial charge on any atom is -0.392 e. The Hall–Kier alpha value is -1.09. The molecule has 13 heavy (non-hydrogen) atoms. The summed E-state index contributed by atoms with van der Waals surface area (Å²) in [6, 6.07) is 6.53. The maximum absolute atomic E-state index is 13.2. The average molecular weight is 183 g/mol. The van der Waals surface area contributed by atoms with E-state index < -0.39 is 6.10 Å². The summed E-state index contributed by atoms with van der Waals surface area (Å²) in [4.78, 5) is 1.69. The van der Waals surface area contributed by atoms with E-state index in [0.717, 1.165) is 0 Å². The largest absolute Gasteiger partial charge is 0.392 e. The van der Waals surface area contributed by atoms with Gasteiger partial charge in [-0.25, -0.2) is 4.39 Å². The van der Waals surface area contributed by atoms with E-state index in [1.54, 1.807) is 37.1 Å². The Morgan fingerprint density at radius 3 is 2.62 bits per heavy atom. The number of aliphatic hydroxyl groups excluding tert-OH is 1. The van der Waals surface area contributed by atoms with E-state index in [9.17, 15) is 4.39 Å². The van der Waals surface area contributed by atoms with Crippen molar-refractivity contribution in [3.8, 4) is 0 Å². The molecule has 72 valence electrons. The summed E-state index contributed by atoms with van der Waals surface area (Å²) in [7, 11) is 1.76. The number of rotatable bonds is 3. The van der Waals surface area contributed by atoms with E-state index in [1.165, 1.54) is 6.07 Å². The molecule has 0 amide bonds. The Morgan fingerprint density at radius 2 is 2.08 bits per heavy atom. The number of aliphatic hydroxyl groups is 1. The third-order valence-electron chi connectivity index (χ3n) is 1.80. The van der Waals surface area contributed by atoms with Gasteiger partial charge in [0.2, 0.25) is 0 Å². The highest BCUT2D eigenvalue weighted by Gasteiger charge is 2.07. The minimum atomic E-state index is -0.454. The van der Waals surface area contributed by atoms with Crippen LogP contribution in [0.1, 0.15) is 6.92 Å². The molecule has 1 rings (SSSR count). The van der Waals surface area contributed by atoms with Gasteiger partial charge < -0.3 is 10.0 Å². The smallest absolute Gasteiger partial charge is 0.146 e. The van der Waals surface area contributed by atoms with Crippen LogP contribution in [0.15, 0.2) is 24.3 Å². The summed E-state index contributed by atoms with van der Waals surface area (Å²) in [5.74, 6) is -0.259. The van der Waals surface area contributed by atoms with E-state index >= 15 is 0 Å². The van der Waals surface area contributed by atoms with Crippen LogP contribution in [0.2, 0.25) is 0 Å². The Balaban J connectivity index is 2.76. The van der Waals surface area contributed by atoms with Crippen molar-refractivity contribution >= 4 is 5.69 Å². The summed E-state index contributed by atoms with van der Waals surface area (Å²) in [5, 5.41) is 9.11. The molecule has 0 aliphatic carbocycles. The summed E-state index contributed by atoms with van der Waals surface area (Å²) in [5.41, 5.74) is 0.517. The number of halogens is 1. The van der Waals surface area contributed by atoms with Gasteiger partial charge in [-0.3, -0.25) is 0 Å².